The van der Waals surface area contributed by atoms with Crippen molar-refractivity contribution in [1.82, 2.24) is 0 Å². The second-order valence-corrected chi connectivity index (χ2v) is 0. The molecule has 0 spiro atoms. The smallest absolute Gasteiger partial charge is 0 e. The molecule has 0 nitrogen and oxygen atoms in total. The van der Waals surface area contributed by atoms with Crippen molar-refractivity contribution in [1.29, 1.82) is 0 Å². The summed E-state index contributed by atoms with van der Waals surface area (Å²) in [4.78, 5) is 0. The van der Waals surface area contributed by atoms with Crippen LogP contribution in [0.2, 0.25) is 0 Å². The molecule has 0 aromatic heterocycles. The summed E-state index contributed by atoms with van der Waals surface area (Å²) in [7, 11) is 0. The molecule has 4 heavy (non-hydrogen) atoms. The van der Waals surface area contributed by atoms with Gasteiger partial charge in [0.1, 0.15) is 0 Å². The zero-order valence-electron chi connectivity index (χ0n) is 1.31. The van der Waals surface area contributed by atoms with Gasteiger partial charge in [0.15, 0.2) is 0 Å². The molecular formula is HAg3I. The van der Waals surface area contributed by atoms with Crippen molar-refractivity contribution in [3.05, 3.63) is 0 Å². The van der Waals surface area contributed by atoms with Crippen LogP contribution in [0.15, 0.2) is 0 Å². The van der Waals surface area contributed by atoms with Crippen molar-refractivity contribution in [2.75, 3.05) is 0 Å². The third-order valence-electron chi connectivity index (χ3n) is 0. The summed E-state index contributed by atoms with van der Waals surface area (Å²) in [6.07, 6.45) is 0. The Balaban J connectivity index is 0. The third-order valence-corrected chi connectivity index (χ3v) is 0. The molecule has 0 heterocycles. The van der Waals surface area contributed by atoms with E-state index >= 15 is 0 Å². The monoisotopic (exact) mass is 449 g/mol. The normalized spacial score (nSPS) is 0. The van der Waals surface area contributed by atoms with Gasteiger partial charge in [0.25, 0.3) is 0 Å². The Morgan fingerprint density at radius 3 is 0.500 bits per heavy atom. The van der Waals surface area contributed by atoms with Crippen LogP contribution in [0.3, 0.4) is 0 Å². The van der Waals surface area contributed by atoms with E-state index in [0.717, 1.165) is 0 Å². The van der Waals surface area contributed by atoms with Gasteiger partial charge in [0, 0.05) is 67.1 Å². The molecule has 0 saturated heterocycles. The fraction of sp³-hybridized carbons (Fsp3) is 0. The quantitative estimate of drug-likeness (QED) is 0.374. The van der Waals surface area contributed by atoms with E-state index in [0.29, 0.717) is 0 Å². The fourth-order valence-corrected chi connectivity index (χ4v) is 0. The van der Waals surface area contributed by atoms with Crippen molar-refractivity contribution in [3.63, 3.8) is 0 Å². The summed E-state index contributed by atoms with van der Waals surface area (Å²) in [5.41, 5.74) is 0. The minimum absolute atomic E-state index is 0. The van der Waals surface area contributed by atoms with E-state index in [9.17, 15) is 0 Å². The van der Waals surface area contributed by atoms with Crippen molar-refractivity contribution in [3.8, 4) is 0 Å². The zero-order valence-corrected chi connectivity index (χ0v) is 8.09. The van der Waals surface area contributed by atoms with Gasteiger partial charge in [-0.3, -0.25) is 0 Å². The molecule has 0 aliphatic heterocycles. The molecule has 0 rings (SSSR count). The standard InChI is InChI=1S/3Ag.HI/h;;;1H. The average Bonchev–Trinajstić information content (AvgIpc) is 0. The van der Waals surface area contributed by atoms with Gasteiger partial charge in [-0.15, -0.1) is 24.0 Å². The zero-order chi connectivity index (χ0) is 0. The first kappa shape index (κ1) is 28.3. The molecule has 0 aliphatic rings. The Morgan fingerprint density at radius 2 is 0.500 bits per heavy atom. The molecular weight excluding hydrogens is 451 g/mol. The molecule has 4 heteroatoms. The van der Waals surface area contributed by atoms with Crippen LogP contribution in [0.5, 0.6) is 0 Å². The van der Waals surface area contributed by atoms with Crippen LogP contribution in [-0.4, -0.2) is 0 Å². The maximum Gasteiger partial charge on any atom is 0 e. The van der Waals surface area contributed by atoms with Gasteiger partial charge >= 0.3 is 0 Å². The van der Waals surface area contributed by atoms with Crippen LogP contribution >= 0.6 is 24.0 Å². The van der Waals surface area contributed by atoms with Crippen molar-refractivity contribution in [2.45, 2.75) is 0 Å². The Morgan fingerprint density at radius 1 is 0.500 bits per heavy atom. The first-order valence-electron chi connectivity index (χ1n) is 0. The van der Waals surface area contributed by atoms with Crippen LogP contribution in [0.25, 0.3) is 0 Å². The van der Waals surface area contributed by atoms with Gasteiger partial charge in [-0.25, -0.2) is 0 Å². The van der Waals surface area contributed by atoms with Crippen molar-refractivity contribution >= 4 is 24.0 Å². The predicted octanol–water partition coefficient (Wildman–Crippen LogP) is 0.611. The summed E-state index contributed by atoms with van der Waals surface area (Å²) >= 11 is 0. The molecule has 0 bridgehead atoms. The minimum atomic E-state index is 0. The Labute approximate surface area is 89.4 Å². The van der Waals surface area contributed by atoms with Crippen LogP contribution in [0.4, 0.5) is 0 Å². The molecule has 0 aromatic rings. The van der Waals surface area contributed by atoms with Gasteiger partial charge in [0.2, 0.25) is 0 Å². The van der Waals surface area contributed by atoms with E-state index in [1.54, 1.807) is 0 Å². The van der Waals surface area contributed by atoms with Crippen LogP contribution in [-0.2, 0) is 67.1 Å². The molecule has 0 aliphatic carbocycles. The maximum absolute atomic E-state index is 0. The second kappa shape index (κ2) is 16.8. The Kier molecular flexibility index (Phi) is 118. The first-order chi connectivity index (χ1) is 0. The summed E-state index contributed by atoms with van der Waals surface area (Å²) in [5, 5.41) is 0. The molecule has 41 valence electrons. The summed E-state index contributed by atoms with van der Waals surface area (Å²) < 4.78 is 0. The van der Waals surface area contributed by atoms with E-state index in [1.165, 1.54) is 0 Å². The number of hydrogen-bond donors (Lipinski definition) is 0. The van der Waals surface area contributed by atoms with Gasteiger partial charge in [-0.2, -0.15) is 0 Å². The molecule has 0 atom stereocenters. The van der Waals surface area contributed by atoms with E-state index in [2.05, 4.69) is 0 Å². The summed E-state index contributed by atoms with van der Waals surface area (Å²) in [6, 6.07) is 0. The SMILES string of the molecule is I.[Ag].[Ag].[Ag]. The number of hydrogen-bond acceptors (Lipinski definition) is 0. The Hall–Kier alpha value is 2.95. The molecule has 0 amide bonds. The predicted molar refractivity (Wildman–Crippen MR) is 15.4 cm³/mol. The minimum Gasteiger partial charge on any atom is -0.107 e. The van der Waals surface area contributed by atoms with Crippen molar-refractivity contribution in [2.24, 2.45) is 0 Å². The number of rotatable bonds is 0. The molecule has 0 N–H and O–H groups in total. The first-order valence-corrected chi connectivity index (χ1v) is 0. The van der Waals surface area contributed by atoms with Crippen molar-refractivity contribution < 1.29 is 67.1 Å². The van der Waals surface area contributed by atoms with E-state index in [4.69, 9.17) is 0 Å². The van der Waals surface area contributed by atoms with Gasteiger partial charge in [-0.05, 0) is 0 Å². The second-order valence-electron chi connectivity index (χ2n) is 0. The largest absolute Gasteiger partial charge is 0.107 e. The molecule has 0 unspecified atom stereocenters. The van der Waals surface area contributed by atoms with Gasteiger partial charge in [-0.1, -0.05) is 0 Å². The number of halogens is 1. The summed E-state index contributed by atoms with van der Waals surface area (Å²) in [5.74, 6) is 0. The topological polar surface area (TPSA) is 0 Å². The molecule has 0 saturated carbocycles. The van der Waals surface area contributed by atoms with E-state index < -0.39 is 0 Å². The van der Waals surface area contributed by atoms with Gasteiger partial charge < -0.3 is 0 Å². The van der Waals surface area contributed by atoms with Gasteiger partial charge in [0.05, 0.1) is 0 Å². The Bertz CT molecular complexity index is 3.25. The van der Waals surface area contributed by atoms with Crippen LogP contribution in [0.1, 0.15) is 0 Å². The van der Waals surface area contributed by atoms with E-state index in [-0.39, 0.29) is 91.1 Å². The maximum atomic E-state index is 0. The molecule has 0 fully saturated rings. The molecule has 3 radical (unpaired) electrons. The average molecular weight is 452 g/mol. The van der Waals surface area contributed by atoms with E-state index in [1.807, 2.05) is 0 Å². The third kappa shape index (κ3) is 8.87. The van der Waals surface area contributed by atoms with Crippen LogP contribution in [0, 0.1) is 0 Å². The fourth-order valence-electron chi connectivity index (χ4n) is 0. The molecule has 0 aromatic carbocycles. The van der Waals surface area contributed by atoms with Crippen LogP contribution < -0.4 is 0 Å². The summed E-state index contributed by atoms with van der Waals surface area (Å²) in [6.45, 7) is 0.